The van der Waals surface area contributed by atoms with E-state index in [1.165, 1.54) is 6.07 Å². The Morgan fingerprint density at radius 3 is 2.38 bits per heavy atom. The topological polar surface area (TPSA) is 84.6 Å². The molecule has 0 saturated heterocycles. The number of anilines is 1. The van der Waals surface area contributed by atoms with Crippen molar-refractivity contribution in [3.8, 4) is 0 Å². The van der Waals surface area contributed by atoms with E-state index < -0.39 is 4.92 Å². The van der Waals surface area contributed by atoms with Crippen LogP contribution in [0.1, 0.15) is 15.9 Å². The SMILES string of the molecule is O=C1/C(=N/Nc2ccccc2[N+](=O)[O-])c2cccc3cccc1c23. The van der Waals surface area contributed by atoms with E-state index in [2.05, 4.69) is 10.5 Å². The molecule has 4 rings (SSSR count). The Hall–Kier alpha value is -3.54. The van der Waals surface area contributed by atoms with Gasteiger partial charge in [0.2, 0.25) is 5.78 Å². The summed E-state index contributed by atoms with van der Waals surface area (Å²) in [5, 5.41) is 17.1. The van der Waals surface area contributed by atoms with Gasteiger partial charge in [0, 0.05) is 22.6 Å². The summed E-state index contributed by atoms with van der Waals surface area (Å²) in [6.07, 6.45) is 0. The fourth-order valence-corrected chi connectivity index (χ4v) is 2.93. The number of para-hydroxylation sites is 2. The van der Waals surface area contributed by atoms with Crippen LogP contribution in [0.3, 0.4) is 0 Å². The average molecular weight is 317 g/mol. The molecule has 0 radical (unpaired) electrons. The summed E-state index contributed by atoms with van der Waals surface area (Å²) in [6.45, 7) is 0. The molecule has 1 aliphatic rings. The summed E-state index contributed by atoms with van der Waals surface area (Å²) >= 11 is 0. The summed E-state index contributed by atoms with van der Waals surface area (Å²) in [4.78, 5) is 23.2. The quantitative estimate of drug-likeness (QED) is 0.589. The first kappa shape index (κ1) is 14.1. The second-order valence-corrected chi connectivity index (χ2v) is 5.38. The molecule has 6 nitrogen and oxygen atoms in total. The molecule has 0 unspecified atom stereocenters. The first-order chi connectivity index (χ1) is 11.7. The van der Waals surface area contributed by atoms with Gasteiger partial charge in [-0.25, -0.2) is 0 Å². The highest BCUT2D eigenvalue weighted by Crippen LogP contribution is 2.31. The number of hydrogen-bond donors (Lipinski definition) is 1. The Morgan fingerprint density at radius 2 is 1.62 bits per heavy atom. The molecule has 0 atom stereocenters. The third-order valence-corrected chi connectivity index (χ3v) is 4.01. The van der Waals surface area contributed by atoms with E-state index in [0.717, 1.165) is 16.3 Å². The molecule has 0 spiro atoms. The number of rotatable bonds is 3. The number of nitro groups is 1. The van der Waals surface area contributed by atoms with Gasteiger partial charge in [-0.05, 0) is 11.5 Å². The Morgan fingerprint density at radius 1 is 0.917 bits per heavy atom. The van der Waals surface area contributed by atoms with Gasteiger partial charge >= 0.3 is 0 Å². The number of nitrogens with one attached hydrogen (secondary N) is 1. The van der Waals surface area contributed by atoms with Crippen LogP contribution in [0.15, 0.2) is 65.8 Å². The number of hydrogen-bond acceptors (Lipinski definition) is 5. The number of hydrazone groups is 1. The Bertz CT molecular complexity index is 1040. The molecule has 0 aliphatic heterocycles. The van der Waals surface area contributed by atoms with Crippen LogP contribution in [0, 0.1) is 10.1 Å². The van der Waals surface area contributed by atoms with Crippen LogP contribution < -0.4 is 5.43 Å². The van der Waals surface area contributed by atoms with E-state index in [-0.39, 0.29) is 22.9 Å². The minimum atomic E-state index is -0.492. The number of ketones is 1. The van der Waals surface area contributed by atoms with Crippen molar-refractivity contribution < 1.29 is 9.72 Å². The van der Waals surface area contributed by atoms with Crippen LogP contribution in [-0.4, -0.2) is 16.4 Å². The molecule has 116 valence electrons. The molecule has 0 amide bonds. The van der Waals surface area contributed by atoms with E-state index >= 15 is 0 Å². The van der Waals surface area contributed by atoms with Crippen LogP contribution in [-0.2, 0) is 0 Å². The first-order valence-corrected chi connectivity index (χ1v) is 7.31. The summed E-state index contributed by atoms with van der Waals surface area (Å²) in [6, 6.07) is 17.3. The fraction of sp³-hybridized carbons (Fsp3) is 0. The van der Waals surface area contributed by atoms with Gasteiger partial charge in [0.25, 0.3) is 5.69 Å². The maximum atomic E-state index is 12.6. The van der Waals surface area contributed by atoms with E-state index in [1.54, 1.807) is 24.3 Å². The number of nitrogens with zero attached hydrogens (tertiary/aromatic N) is 2. The highest BCUT2D eigenvalue weighted by atomic mass is 16.6. The van der Waals surface area contributed by atoms with Crippen molar-refractivity contribution in [1.29, 1.82) is 0 Å². The molecule has 24 heavy (non-hydrogen) atoms. The lowest BCUT2D eigenvalue weighted by Gasteiger charge is -2.03. The van der Waals surface area contributed by atoms with Crippen LogP contribution in [0.5, 0.6) is 0 Å². The molecule has 0 bridgehead atoms. The van der Waals surface area contributed by atoms with E-state index in [1.807, 2.05) is 30.3 Å². The van der Waals surface area contributed by atoms with Crippen LogP contribution in [0.4, 0.5) is 11.4 Å². The zero-order valence-electron chi connectivity index (χ0n) is 12.4. The summed E-state index contributed by atoms with van der Waals surface area (Å²) in [5.41, 5.74) is 4.42. The van der Waals surface area contributed by atoms with Crippen molar-refractivity contribution in [2.75, 3.05) is 5.43 Å². The van der Waals surface area contributed by atoms with Gasteiger partial charge in [-0.1, -0.05) is 48.5 Å². The number of nitro benzene ring substituents is 1. The van der Waals surface area contributed by atoms with Crippen LogP contribution >= 0.6 is 0 Å². The maximum absolute atomic E-state index is 12.6. The minimum absolute atomic E-state index is 0.0944. The zero-order valence-corrected chi connectivity index (χ0v) is 12.4. The molecule has 0 saturated carbocycles. The molecule has 0 fully saturated rings. The monoisotopic (exact) mass is 317 g/mol. The second-order valence-electron chi connectivity index (χ2n) is 5.38. The largest absolute Gasteiger partial charge is 0.294 e. The summed E-state index contributed by atoms with van der Waals surface area (Å²) < 4.78 is 0. The Balaban J connectivity index is 1.80. The van der Waals surface area contributed by atoms with Gasteiger partial charge in [-0.3, -0.25) is 20.3 Å². The molecule has 3 aromatic carbocycles. The average Bonchev–Trinajstić information content (AvgIpc) is 2.88. The lowest BCUT2D eigenvalue weighted by atomic mass is 10.1. The van der Waals surface area contributed by atoms with Crippen molar-refractivity contribution in [2.45, 2.75) is 0 Å². The molecular weight excluding hydrogens is 306 g/mol. The summed E-state index contributed by atoms with van der Waals surface area (Å²) in [7, 11) is 0. The molecule has 0 aromatic heterocycles. The van der Waals surface area contributed by atoms with Gasteiger partial charge in [0.1, 0.15) is 11.4 Å². The third-order valence-electron chi connectivity index (χ3n) is 4.01. The number of benzene rings is 3. The van der Waals surface area contributed by atoms with Gasteiger partial charge in [-0.15, -0.1) is 0 Å². The van der Waals surface area contributed by atoms with Crippen LogP contribution in [0.2, 0.25) is 0 Å². The molecule has 1 N–H and O–H groups in total. The predicted molar refractivity (Wildman–Crippen MR) is 91.5 cm³/mol. The maximum Gasteiger partial charge on any atom is 0.294 e. The molecule has 1 aliphatic carbocycles. The Labute approximate surface area is 136 Å². The first-order valence-electron chi connectivity index (χ1n) is 7.31. The number of carbonyl (C=O) groups is 1. The number of Topliss-reactive ketones (excluding diaryl/α,β-unsaturated/α-hetero) is 1. The van der Waals surface area contributed by atoms with Gasteiger partial charge in [-0.2, -0.15) is 5.10 Å². The van der Waals surface area contributed by atoms with E-state index in [0.29, 0.717) is 5.56 Å². The second kappa shape index (κ2) is 5.27. The lowest BCUT2D eigenvalue weighted by molar-refractivity contribution is -0.384. The van der Waals surface area contributed by atoms with E-state index in [4.69, 9.17) is 0 Å². The fourth-order valence-electron chi connectivity index (χ4n) is 2.93. The minimum Gasteiger partial charge on any atom is -0.287 e. The zero-order chi connectivity index (χ0) is 16.7. The van der Waals surface area contributed by atoms with Crippen molar-refractivity contribution in [3.05, 3.63) is 81.9 Å². The molecule has 3 aromatic rings. The normalized spacial score (nSPS) is 14.3. The van der Waals surface area contributed by atoms with Crippen molar-refractivity contribution in [3.63, 3.8) is 0 Å². The van der Waals surface area contributed by atoms with Gasteiger partial charge < -0.3 is 0 Å². The Kier molecular flexibility index (Phi) is 3.09. The van der Waals surface area contributed by atoms with Crippen molar-refractivity contribution in [2.24, 2.45) is 5.10 Å². The highest BCUT2D eigenvalue weighted by Gasteiger charge is 2.28. The third kappa shape index (κ3) is 2.04. The number of carbonyl (C=O) groups excluding carboxylic acids is 1. The molecule has 6 heteroatoms. The molecule has 0 heterocycles. The van der Waals surface area contributed by atoms with E-state index in [9.17, 15) is 14.9 Å². The molecular formula is C18H11N3O3. The van der Waals surface area contributed by atoms with Crippen molar-refractivity contribution >= 4 is 33.6 Å². The summed E-state index contributed by atoms with van der Waals surface area (Å²) in [5.74, 6) is -0.187. The van der Waals surface area contributed by atoms with Crippen LogP contribution in [0.25, 0.3) is 10.8 Å². The highest BCUT2D eigenvalue weighted by molar-refractivity contribution is 6.59. The van der Waals surface area contributed by atoms with Gasteiger partial charge in [0.15, 0.2) is 0 Å². The van der Waals surface area contributed by atoms with Gasteiger partial charge in [0.05, 0.1) is 4.92 Å². The standard InChI is InChI=1S/C18H11N3O3/c22-18-13-8-4-6-11-5-3-7-12(16(11)13)17(18)20-19-14-9-1-2-10-15(14)21(23)24/h1-10,19H/b20-17+. The smallest absolute Gasteiger partial charge is 0.287 e. The lowest BCUT2D eigenvalue weighted by Crippen LogP contribution is -2.11. The predicted octanol–water partition coefficient (Wildman–Crippen LogP) is 3.76. The van der Waals surface area contributed by atoms with Crippen molar-refractivity contribution in [1.82, 2.24) is 0 Å².